The number of thiazole rings is 1. The Hall–Kier alpha value is -1.67. The van der Waals surface area contributed by atoms with Crippen LogP contribution in [0.2, 0.25) is 0 Å². The Kier molecular flexibility index (Phi) is 3.46. The molecule has 0 bridgehead atoms. The van der Waals surface area contributed by atoms with Crippen LogP contribution in [0.25, 0.3) is 0 Å². The van der Waals surface area contributed by atoms with Gasteiger partial charge in [0.05, 0.1) is 5.69 Å². The highest BCUT2D eigenvalue weighted by atomic mass is 32.2. The van der Waals surface area contributed by atoms with E-state index < -0.39 is 20.7 Å². The number of anilines is 1. The zero-order valence-electron chi connectivity index (χ0n) is 10.2. The maximum Gasteiger partial charge on any atom is 0.306 e. The van der Waals surface area contributed by atoms with Crippen LogP contribution in [0.5, 0.6) is 0 Å². The van der Waals surface area contributed by atoms with Crippen molar-refractivity contribution in [3.8, 4) is 0 Å². The Balaban J connectivity index is 2.48. The number of rotatable bonds is 3. The number of aromatic nitrogens is 1. The number of hydrogen-bond donors (Lipinski definition) is 1. The zero-order chi connectivity index (χ0) is 14.2. The third-order valence-corrected chi connectivity index (χ3v) is 5.93. The van der Waals surface area contributed by atoms with Crippen LogP contribution >= 0.6 is 11.3 Å². The van der Waals surface area contributed by atoms with Gasteiger partial charge in [0.15, 0.2) is 4.21 Å². The van der Waals surface area contributed by atoms with Crippen LogP contribution in [0.15, 0.2) is 33.3 Å². The van der Waals surface area contributed by atoms with Crippen LogP contribution in [0.1, 0.15) is 5.69 Å². The van der Waals surface area contributed by atoms with Crippen LogP contribution in [-0.4, -0.2) is 20.4 Å². The van der Waals surface area contributed by atoms with Gasteiger partial charge in [0, 0.05) is 12.7 Å². The Morgan fingerprint density at radius 3 is 2.32 bits per heavy atom. The highest BCUT2D eigenvalue weighted by Crippen LogP contribution is 2.25. The van der Waals surface area contributed by atoms with Crippen LogP contribution in [0, 0.1) is 12.7 Å². The molecule has 0 amide bonds. The van der Waals surface area contributed by atoms with E-state index in [2.05, 4.69) is 4.98 Å². The molecule has 0 saturated heterocycles. The lowest BCUT2D eigenvalue weighted by atomic mass is 10.3. The van der Waals surface area contributed by atoms with Crippen molar-refractivity contribution in [2.24, 2.45) is 0 Å². The van der Waals surface area contributed by atoms with Crippen LogP contribution in [0.4, 0.5) is 10.1 Å². The quantitative estimate of drug-likeness (QED) is 0.938. The number of aromatic amines is 1. The lowest BCUT2D eigenvalue weighted by Crippen LogP contribution is -2.26. The molecule has 1 aromatic carbocycles. The summed E-state index contributed by atoms with van der Waals surface area (Å²) in [5.41, 5.74) is 0.616. The number of aryl methyl sites for hydroxylation is 1. The van der Waals surface area contributed by atoms with Crippen molar-refractivity contribution in [2.45, 2.75) is 11.1 Å². The number of hydrogen-bond acceptors (Lipinski definition) is 4. The minimum Gasteiger partial charge on any atom is -0.315 e. The molecule has 1 N–H and O–H groups in total. The summed E-state index contributed by atoms with van der Waals surface area (Å²) in [7, 11) is -2.46. The molecule has 1 heterocycles. The fraction of sp³-hybridized carbons (Fsp3) is 0.182. The van der Waals surface area contributed by atoms with Crippen LogP contribution in [0.3, 0.4) is 0 Å². The van der Waals surface area contributed by atoms with E-state index in [0.29, 0.717) is 22.7 Å². The van der Waals surface area contributed by atoms with Gasteiger partial charge in [-0.1, -0.05) is 11.3 Å². The molecular weight excluding hydrogens is 291 g/mol. The van der Waals surface area contributed by atoms with E-state index in [1.54, 1.807) is 0 Å². The standard InChI is InChI=1S/C11H11FN2O3S2/c1-7-10(18-11(15)13-7)19(16,17)14(2)9-5-3-8(12)4-6-9/h3-6H,1-2H3,(H,13,15). The van der Waals surface area contributed by atoms with Crippen LogP contribution in [-0.2, 0) is 10.0 Å². The molecular formula is C11H11FN2O3S2. The third kappa shape index (κ3) is 2.54. The van der Waals surface area contributed by atoms with Gasteiger partial charge in [-0.05, 0) is 31.2 Å². The third-order valence-electron chi connectivity index (χ3n) is 2.57. The Morgan fingerprint density at radius 1 is 1.26 bits per heavy atom. The summed E-state index contributed by atoms with van der Waals surface area (Å²) in [6.07, 6.45) is 0. The lowest BCUT2D eigenvalue weighted by molar-refractivity contribution is 0.595. The first kappa shape index (κ1) is 13.8. The van der Waals surface area contributed by atoms with Gasteiger partial charge in [0.2, 0.25) is 0 Å². The molecule has 0 unspecified atom stereocenters. The molecule has 0 atom stereocenters. The van der Waals surface area contributed by atoms with Crippen molar-refractivity contribution in [1.82, 2.24) is 4.98 Å². The molecule has 0 aliphatic carbocycles. The molecule has 0 aliphatic rings. The molecule has 2 rings (SSSR count). The summed E-state index contributed by atoms with van der Waals surface area (Å²) in [4.78, 5) is 13.2. The number of H-pyrrole nitrogens is 1. The van der Waals surface area contributed by atoms with E-state index in [9.17, 15) is 17.6 Å². The van der Waals surface area contributed by atoms with E-state index in [1.165, 1.54) is 38.2 Å². The largest absolute Gasteiger partial charge is 0.315 e. The zero-order valence-corrected chi connectivity index (χ0v) is 11.8. The summed E-state index contributed by atoms with van der Waals surface area (Å²) >= 11 is 0.633. The van der Waals surface area contributed by atoms with Crippen molar-refractivity contribution in [3.05, 3.63) is 45.4 Å². The van der Waals surface area contributed by atoms with Gasteiger partial charge in [0.25, 0.3) is 10.0 Å². The molecule has 0 spiro atoms. The number of halogens is 1. The first-order valence-corrected chi connectivity index (χ1v) is 7.52. The predicted molar refractivity (Wildman–Crippen MR) is 71.7 cm³/mol. The predicted octanol–water partition coefficient (Wildman–Crippen LogP) is 1.71. The van der Waals surface area contributed by atoms with Gasteiger partial charge >= 0.3 is 4.87 Å². The second-order valence-electron chi connectivity index (χ2n) is 3.88. The topological polar surface area (TPSA) is 70.2 Å². The summed E-state index contributed by atoms with van der Waals surface area (Å²) in [5, 5.41) is 0. The Morgan fingerprint density at radius 2 is 1.84 bits per heavy atom. The normalized spacial score (nSPS) is 11.5. The van der Waals surface area contributed by atoms with Crippen molar-refractivity contribution >= 4 is 27.0 Å². The van der Waals surface area contributed by atoms with Crippen molar-refractivity contribution in [2.75, 3.05) is 11.4 Å². The van der Waals surface area contributed by atoms with Gasteiger partial charge in [-0.15, -0.1) is 0 Å². The lowest BCUT2D eigenvalue weighted by Gasteiger charge is -2.18. The monoisotopic (exact) mass is 302 g/mol. The second kappa shape index (κ2) is 4.78. The van der Waals surface area contributed by atoms with E-state index in [-0.39, 0.29) is 4.21 Å². The van der Waals surface area contributed by atoms with Crippen molar-refractivity contribution in [1.29, 1.82) is 0 Å². The molecule has 0 aliphatic heterocycles. The Labute approximate surface area is 113 Å². The molecule has 102 valence electrons. The fourth-order valence-electron chi connectivity index (χ4n) is 1.55. The smallest absolute Gasteiger partial charge is 0.306 e. The number of nitrogens with zero attached hydrogens (tertiary/aromatic N) is 1. The number of nitrogens with one attached hydrogen (secondary N) is 1. The Bertz CT molecular complexity index is 747. The van der Waals surface area contributed by atoms with E-state index in [1.807, 2.05) is 0 Å². The van der Waals surface area contributed by atoms with Gasteiger partial charge in [-0.2, -0.15) is 0 Å². The molecule has 0 saturated carbocycles. The maximum absolute atomic E-state index is 12.8. The average molecular weight is 302 g/mol. The van der Waals surface area contributed by atoms with Gasteiger partial charge in [-0.25, -0.2) is 12.8 Å². The first-order chi connectivity index (χ1) is 8.82. The molecule has 0 fully saturated rings. The van der Waals surface area contributed by atoms with Gasteiger partial charge in [-0.3, -0.25) is 9.10 Å². The van der Waals surface area contributed by atoms with Gasteiger partial charge in [0.1, 0.15) is 5.82 Å². The van der Waals surface area contributed by atoms with Crippen molar-refractivity contribution < 1.29 is 12.8 Å². The minimum atomic E-state index is -3.82. The molecule has 1 aromatic heterocycles. The molecule has 19 heavy (non-hydrogen) atoms. The van der Waals surface area contributed by atoms with Gasteiger partial charge < -0.3 is 4.98 Å². The fourth-order valence-corrected chi connectivity index (χ4v) is 4.20. The van der Waals surface area contributed by atoms with E-state index in [4.69, 9.17) is 0 Å². The number of sulfonamides is 1. The minimum absolute atomic E-state index is 0.0377. The molecule has 5 nitrogen and oxygen atoms in total. The van der Waals surface area contributed by atoms with E-state index >= 15 is 0 Å². The maximum atomic E-state index is 12.8. The van der Waals surface area contributed by atoms with E-state index in [0.717, 1.165) is 4.31 Å². The molecule has 8 heteroatoms. The SMILES string of the molecule is Cc1[nH]c(=O)sc1S(=O)(=O)N(C)c1ccc(F)cc1. The summed E-state index contributed by atoms with van der Waals surface area (Å²) in [5.74, 6) is -0.447. The number of benzene rings is 1. The molecule has 0 radical (unpaired) electrons. The summed E-state index contributed by atoms with van der Waals surface area (Å²) in [6.45, 7) is 1.52. The van der Waals surface area contributed by atoms with Crippen LogP contribution < -0.4 is 9.18 Å². The summed E-state index contributed by atoms with van der Waals surface area (Å²) in [6, 6.07) is 5.07. The summed E-state index contributed by atoms with van der Waals surface area (Å²) < 4.78 is 38.5. The van der Waals surface area contributed by atoms with Crippen molar-refractivity contribution in [3.63, 3.8) is 0 Å². The highest BCUT2D eigenvalue weighted by molar-refractivity contribution is 7.94. The second-order valence-corrected chi connectivity index (χ2v) is 7.02. The first-order valence-electron chi connectivity index (χ1n) is 5.26. The highest BCUT2D eigenvalue weighted by Gasteiger charge is 2.26. The molecule has 2 aromatic rings. The average Bonchev–Trinajstić information content (AvgIpc) is 2.69.